The third-order valence-electron chi connectivity index (χ3n) is 4.48. The molecule has 0 saturated heterocycles. The first-order valence-electron chi connectivity index (χ1n) is 7.54. The van der Waals surface area contributed by atoms with Gasteiger partial charge in [-0.05, 0) is 48.9 Å². The van der Waals surface area contributed by atoms with E-state index in [1.807, 2.05) is 0 Å². The summed E-state index contributed by atoms with van der Waals surface area (Å²) in [5.41, 5.74) is 6.73. The van der Waals surface area contributed by atoms with Crippen LogP contribution < -0.4 is 5.73 Å². The van der Waals surface area contributed by atoms with Gasteiger partial charge in [0.15, 0.2) is 0 Å². The fraction of sp³-hybridized carbons (Fsp3) is 1.00. The van der Waals surface area contributed by atoms with Crippen LogP contribution in [0, 0.1) is 23.2 Å². The summed E-state index contributed by atoms with van der Waals surface area (Å²) in [7, 11) is 0. The molecule has 0 aliphatic heterocycles. The highest BCUT2D eigenvalue weighted by molar-refractivity contribution is 4.82. The summed E-state index contributed by atoms with van der Waals surface area (Å²) in [6.45, 7) is 11.7. The van der Waals surface area contributed by atoms with Gasteiger partial charge in [-0.25, -0.2) is 0 Å². The van der Waals surface area contributed by atoms with E-state index in [-0.39, 0.29) is 0 Å². The number of nitrogens with two attached hydrogens (primary N) is 1. The van der Waals surface area contributed by atoms with Crippen LogP contribution in [-0.4, -0.2) is 6.04 Å². The summed E-state index contributed by atoms with van der Waals surface area (Å²) >= 11 is 0. The van der Waals surface area contributed by atoms with Gasteiger partial charge in [-0.15, -0.1) is 0 Å². The Morgan fingerprint density at radius 1 is 1.06 bits per heavy atom. The largest absolute Gasteiger partial charge is 0.328 e. The summed E-state index contributed by atoms with van der Waals surface area (Å²) < 4.78 is 0. The number of hydrogen-bond donors (Lipinski definition) is 1. The van der Waals surface area contributed by atoms with Crippen LogP contribution in [0.1, 0.15) is 73.1 Å². The van der Waals surface area contributed by atoms with E-state index < -0.39 is 0 Å². The zero-order chi connectivity index (χ0) is 13.1. The molecule has 1 fully saturated rings. The molecule has 0 bridgehead atoms. The van der Waals surface area contributed by atoms with Gasteiger partial charge < -0.3 is 5.73 Å². The lowest BCUT2D eigenvalue weighted by molar-refractivity contribution is 0.142. The highest BCUT2D eigenvalue weighted by Crippen LogP contribution is 2.41. The van der Waals surface area contributed by atoms with Gasteiger partial charge in [0.25, 0.3) is 0 Å². The molecule has 2 N–H and O–H groups in total. The molecular formula is C16H33N. The van der Waals surface area contributed by atoms with Crippen molar-refractivity contribution in [2.75, 3.05) is 0 Å². The van der Waals surface area contributed by atoms with Crippen LogP contribution >= 0.6 is 0 Å². The number of hydrogen-bond acceptors (Lipinski definition) is 1. The second-order valence-electron chi connectivity index (χ2n) is 7.71. The molecule has 1 aliphatic carbocycles. The van der Waals surface area contributed by atoms with E-state index in [0.29, 0.717) is 11.5 Å². The zero-order valence-corrected chi connectivity index (χ0v) is 12.6. The van der Waals surface area contributed by atoms with Gasteiger partial charge in [0.1, 0.15) is 0 Å². The Bertz CT molecular complexity index is 206. The minimum absolute atomic E-state index is 0.436. The quantitative estimate of drug-likeness (QED) is 0.762. The molecule has 0 radical (unpaired) electrons. The van der Waals surface area contributed by atoms with Crippen molar-refractivity contribution in [1.29, 1.82) is 0 Å². The average molecular weight is 239 g/mol. The van der Waals surface area contributed by atoms with E-state index in [1.165, 1.54) is 38.5 Å². The molecule has 1 atom stereocenters. The highest BCUT2D eigenvalue weighted by atomic mass is 14.6. The fourth-order valence-electron chi connectivity index (χ4n) is 3.39. The Morgan fingerprint density at radius 2 is 1.59 bits per heavy atom. The second kappa shape index (κ2) is 6.22. The molecule has 0 aromatic heterocycles. The Kier molecular flexibility index (Phi) is 5.50. The normalized spacial score (nSPS) is 28.4. The first-order valence-corrected chi connectivity index (χ1v) is 7.54. The third kappa shape index (κ3) is 5.42. The van der Waals surface area contributed by atoms with Gasteiger partial charge >= 0.3 is 0 Å². The zero-order valence-electron chi connectivity index (χ0n) is 12.6. The van der Waals surface area contributed by atoms with Crippen LogP contribution in [0.4, 0.5) is 0 Å². The van der Waals surface area contributed by atoms with Gasteiger partial charge in [-0.3, -0.25) is 0 Å². The van der Waals surface area contributed by atoms with Gasteiger partial charge in [-0.1, -0.05) is 47.5 Å². The van der Waals surface area contributed by atoms with Crippen molar-refractivity contribution in [3.8, 4) is 0 Å². The van der Waals surface area contributed by atoms with Gasteiger partial charge in [0.05, 0.1) is 0 Å². The molecule has 1 unspecified atom stereocenters. The molecule has 1 nitrogen and oxygen atoms in total. The lowest BCUT2D eigenvalue weighted by Gasteiger charge is -2.37. The van der Waals surface area contributed by atoms with Crippen LogP contribution in [0.3, 0.4) is 0 Å². The van der Waals surface area contributed by atoms with Crippen LogP contribution in [0.5, 0.6) is 0 Å². The summed E-state index contributed by atoms with van der Waals surface area (Å²) in [4.78, 5) is 0. The fourth-order valence-corrected chi connectivity index (χ4v) is 3.39. The maximum Gasteiger partial charge on any atom is 0.00439 e. The molecule has 0 amide bonds. The average Bonchev–Trinajstić information content (AvgIpc) is 2.15. The molecule has 1 aliphatic rings. The van der Waals surface area contributed by atoms with E-state index in [4.69, 9.17) is 5.73 Å². The Hall–Kier alpha value is -0.0400. The van der Waals surface area contributed by atoms with Gasteiger partial charge in [0.2, 0.25) is 0 Å². The van der Waals surface area contributed by atoms with Crippen LogP contribution in [-0.2, 0) is 0 Å². The lowest BCUT2D eigenvalue weighted by Crippen LogP contribution is -2.30. The first-order chi connectivity index (χ1) is 7.79. The molecule has 0 spiro atoms. The molecule has 17 heavy (non-hydrogen) atoms. The van der Waals surface area contributed by atoms with Crippen LogP contribution in [0.2, 0.25) is 0 Å². The van der Waals surface area contributed by atoms with Crippen LogP contribution in [0.25, 0.3) is 0 Å². The van der Waals surface area contributed by atoms with Crippen molar-refractivity contribution in [2.45, 2.75) is 79.2 Å². The second-order valence-corrected chi connectivity index (χ2v) is 7.71. The summed E-state index contributed by atoms with van der Waals surface area (Å²) in [6.07, 6.45) is 8.11. The van der Waals surface area contributed by atoms with Gasteiger partial charge in [-0.2, -0.15) is 0 Å². The first kappa shape index (κ1) is 15.0. The molecular weight excluding hydrogens is 206 g/mol. The van der Waals surface area contributed by atoms with Crippen molar-refractivity contribution in [2.24, 2.45) is 28.9 Å². The Balaban J connectivity index is 2.28. The van der Waals surface area contributed by atoms with E-state index >= 15 is 0 Å². The smallest absolute Gasteiger partial charge is 0.00439 e. The minimum Gasteiger partial charge on any atom is -0.328 e. The Morgan fingerprint density at radius 3 is 2.00 bits per heavy atom. The predicted octanol–water partition coefficient (Wildman–Crippen LogP) is 4.60. The highest BCUT2D eigenvalue weighted by Gasteiger charge is 2.30. The molecule has 102 valence electrons. The van der Waals surface area contributed by atoms with E-state index in [9.17, 15) is 0 Å². The van der Waals surface area contributed by atoms with Crippen molar-refractivity contribution in [3.05, 3.63) is 0 Å². The SMILES string of the molecule is CC(C)CC(N)CC1CCC(C(C)(C)C)CC1. The van der Waals surface area contributed by atoms with E-state index in [0.717, 1.165) is 17.8 Å². The summed E-state index contributed by atoms with van der Waals surface area (Å²) in [5.74, 6) is 2.58. The predicted molar refractivity (Wildman–Crippen MR) is 77.0 cm³/mol. The molecule has 1 heteroatoms. The molecule has 1 rings (SSSR count). The third-order valence-corrected chi connectivity index (χ3v) is 4.48. The maximum absolute atomic E-state index is 6.23. The molecule has 0 heterocycles. The van der Waals surface area contributed by atoms with Crippen molar-refractivity contribution in [1.82, 2.24) is 0 Å². The standard InChI is InChI=1S/C16H33N/c1-12(2)10-15(17)11-13-6-8-14(9-7-13)16(3,4)5/h12-15H,6-11,17H2,1-5H3. The van der Waals surface area contributed by atoms with Crippen molar-refractivity contribution in [3.63, 3.8) is 0 Å². The topological polar surface area (TPSA) is 26.0 Å². The monoisotopic (exact) mass is 239 g/mol. The van der Waals surface area contributed by atoms with Crippen molar-refractivity contribution < 1.29 is 0 Å². The maximum atomic E-state index is 6.23. The summed E-state index contributed by atoms with van der Waals surface area (Å²) in [6, 6.07) is 0.436. The molecule has 0 aromatic carbocycles. The van der Waals surface area contributed by atoms with Gasteiger partial charge in [0, 0.05) is 6.04 Å². The van der Waals surface area contributed by atoms with E-state index in [2.05, 4.69) is 34.6 Å². The van der Waals surface area contributed by atoms with Crippen LogP contribution in [0.15, 0.2) is 0 Å². The van der Waals surface area contributed by atoms with E-state index in [1.54, 1.807) is 0 Å². The van der Waals surface area contributed by atoms with Crippen molar-refractivity contribution >= 4 is 0 Å². The minimum atomic E-state index is 0.436. The summed E-state index contributed by atoms with van der Waals surface area (Å²) in [5, 5.41) is 0. The molecule has 1 saturated carbocycles. The Labute approximate surface area is 109 Å². The number of rotatable bonds is 4. The lowest BCUT2D eigenvalue weighted by atomic mass is 9.69. The molecule has 0 aromatic rings.